The molecule has 2 aromatic carbocycles. The van der Waals surface area contributed by atoms with E-state index in [1.807, 2.05) is 0 Å². The van der Waals surface area contributed by atoms with Gasteiger partial charge in [-0.1, -0.05) is 127 Å². The van der Waals surface area contributed by atoms with Crippen LogP contribution in [0.5, 0.6) is 0 Å². The second kappa shape index (κ2) is 10.5. The molecule has 2 atom stereocenters. The molecule has 3 rings (SSSR count). The summed E-state index contributed by atoms with van der Waals surface area (Å²) in [7, 11) is 0. The van der Waals surface area contributed by atoms with E-state index in [0.717, 1.165) is 12.8 Å². The maximum atomic E-state index is 2.35. The summed E-state index contributed by atoms with van der Waals surface area (Å²) in [4.78, 5) is 0. The lowest BCUT2D eigenvalue weighted by Crippen LogP contribution is -2.10. The largest absolute Gasteiger partial charge is 0.0879 e. The van der Waals surface area contributed by atoms with Crippen LogP contribution in [0.3, 0.4) is 0 Å². The standard InChI is InChI=1S/C28H30/c1-23-13-9-10-21-27(24(2)14-11-19-25-15-5-3-6-16-25)28(23)22-12-20-26-17-7-4-8-18-26/h3-12,14-20,22-23,27H,13,21H2,1-2H3/b19-11+,20-12+,24-14+,28-22-. The normalized spacial score (nSPS) is 22.2. The van der Waals surface area contributed by atoms with E-state index in [2.05, 4.69) is 123 Å². The summed E-state index contributed by atoms with van der Waals surface area (Å²) in [5.41, 5.74) is 5.43. The molecule has 0 spiro atoms. The zero-order valence-corrected chi connectivity index (χ0v) is 17.0. The van der Waals surface area contributed by atoms with Crippen LogP contribution in [-0.2, 0) is 0 Å². The van der Waals surface area contributed by atoms with Gasteiger partial charge in [-0.3, -0.25) is 0 Å². The first-order valence-corrected chi connectivity index (χ1v) is 10.2. The second-order valence-electron chi connectivity index (χ2n) is 7.51. The summed E-state index contributed by atoms with van der Waals surface area (Å²) in [5, 5.41) is 0. The fraction of sp³-hybridized carbons (Fsp3) is 0.214. The molecule has 0 amide bonds. The Morgan fingerprint density at radius 2 is 1.36 bits per heavy atom. The van der Waals surface area contributed by atoms with Gasteiger partial charge in [0.05, 0.1) is 0 Å². The van der Waals surface area contributed by atoms with Crippen molar-refractivity contribution >= 4 is 12.2 Å². The molecular formula is C28H30. The van der Waals surface area contributed by atoms with Crippen LogP contribution in [0.15, 0.2) is 108 Å². The third-order valence-electron chi connectivity index (χ3n) is 5.37. The molecule has 1 aliphatic rings. The minimum atomic E-state index is 0.467. The van der Waals surface area contributed by atoms with Crippen molar-refractivity contribution in [2.75, 3.05) is 0 Å². The van der Waals surface area contributed by atoms with Crippen LogP contribution >= 0.6 is 0 Å². The van der Waals surface area contributed by atoms with Crippen molar-refractivity contribution < 1.29 is 0 Å². The monoisotopic (exact) mass is 366 g/mol. The fourth-order valence-corrected chi connectivity index (χ4v) is 3.70. The van der Waals surface area contributed by atoms with Crippen LogP contribution in [-0.4, -0.2) is 0 Å². The minimum absolute atomic E-state index is 0.467. The SMILES string of the molecule is C/C(=C\C=C\c1ccccc1)C1CC=CCC(C)/C1=C/C=C/c1ccccc1. The van der Waals surface area contributed by atoms with Crippen LogP contribution in [0, 0.1) is 11.8 Å². The van der Waals surface area contributed by atoms with Crippen molar-refractivity contribution in [2.45, 2.75) is 26.7 Å². The first-order chi connectivity index (χ1) is 13.7. The summed E-state index contributed by atoms with van der Waals surface area (Å²) in [6.07, 6.45) is 20.3. The van der Waals surface area contributed by atoms with E-state index in [4.69, 9.17) is 0 Å². The van der Waals surface area contributed by atoms with Crippen LogP contribution in [0.4, 0.5) is 0 Å². The van der Waals surface area contributed by atoms with Gasteiger partial charge in [0.1, 0.15) is 0 Å². The van der Waals surface area contributed by atoms with Gasteiger partial charge in [-0.2, -0.15) is 0 Å². The van der Waals surface area contributed by atoms with E-state index in [-0.39, 0.29) is 0 Å². The first kappa shape index (κ1) is 19.9. The molecular weight excluding hydrogens is 336 g/mol. The van der Waals surface area contributed by atoms with E-state index < -0.39 is 0 Å². The van der Waals surface area contributed by atoms with Gasteiger partial charge in [0, 0.05) is 5.92 Å². The Morgan fingerprint density at radius 3 is 2.00 bits per heavy atom. The van der Waals surface area contributed by atoms with Crippen molar-refractivity contribution in [3.63, 3.8) is 0 Å². The van der Waals surface area contributed by atoms with Crippen molar-refractivity contribution in [3.8, 4) is 0 Å². The van der Waals surface area contributed by atoms with Crippen LogP contribution < -0.4 is 0 Å². The Kier molecular flexibility index (Phi) is 7.44. The molecule has 0 heteroatoms. The molecule has 0 saturated heterocycles. The van der Waals surface area contributed by atoms with Crippen molar-refractivity contribution in [3.05, 3.63) is 119 Å². The van der Waals surface area contributed by atoms with Gasteiger partial charge < -0.3 is 0 Å². The van der Waals surface area contributed by atoms with Gasteiger partial charge in [-0.15, -0.1) is 0 Å². The molecule has 0 fully saturated rings. The number of allylic oxidation sites excluding steroid dienone is 8. The van der Waals surface area contributed by atoms with E-state index in [9.17, 15) is 0 Å². The predicted molar refractivity (Wildman–Crippen MR) is 124 cm³/mol. The summed E-state index contributed by atoms with van der Waals surface area (Å²) >= 11 is 0. The maximum Gasteiger partial charge on any atom is 0.00477 e. The van der Waals surface area contributed by atoms with Gasteiger partial charge in [-0.05, 0) is 36.8 Å². The average molecular weight is 367 g/mol. The van der Waals surface area contributed by atoms with Gasteiger partial charge in [0.15, 0.2) is 0 Å². The fourth-order valence-electron chi connectivity index (χ4n) is 3.70. The Hall–Kier alpha value is -2.86. The third-order valence-corrected chi connectivity index (χ3v) is 5.37. The number of rotatable bonds is 5. The number of benzene rings is 2. The van der Waals surface area contributed by atoms with Gasteiger partial charge >= 0.3 is 0 Å². The van der Waals surface area contributed by atoms with Crippen LogP contribution in [0.25, 0.3) is 12.2 Å². The molecule has 0 saturated carbocycles. The highest BCUT2D eigenvalue weighted by molar-refractivity contribution is 5.52. The lowest BCUT2D eigenvalue weighted by atomic mass is 9.82. The van der Waals surface area contributed by atoms with E-state index >= 15 is 0 Å². The molecule has 0 bridgehead atoms. The lowest BCUT2D eigenvalue weighted by molar-refractivity contribution is 0.596. The highest BCUT2D eigenvalue weighted by Crippen LogP contribution is 2.34. The molecule has 0 radical (unpaired) electrons. The summed E-state index contributed by atoms with van der Waals surface area (Å²) in [6.45, 7) is 4.61. The highest BCUT2D eigenvalue weighted by atomic mass is 14.3. The van der Waals surface area contributed by atoms with E-state index in [0.29, 0.717) is 11.8 Å². The molecule has 2 unspecified atom stereocenters. The Labute approximate surface area is 170 Å². The Bertz CT molecular complexity index is 876. The van der Waals surface area contributed by atoms with Crippen LogP contribution in [0.1, 0.15) is 37.8 Å². The van der Waals surface area contributed by atoms with Gasteiger partial charge in [0.2, 0.25) is 0 Å². The van der Waals surface area contributed by atoms with Crippen LogP contribution in [0.2, 0.25) is 0 Å². The zero-order valence-electron chi connectivity index (χ0n) is 17.0. The molecule has 0 aromatic heterocycles. The van der Waals surface area contributed by atoms with Gasteiger partial charge in [0.25, 0.3) is 0 Å². The molecule has 0 N–H and O–H groups in total. The Balaban J connectivity index is 1.79. The zero-order chi connectivity index (χ0) is 19.6. The van der Waals surface area contributed by atoms with Crippen molar-refractivity contribution in [1.29, 1.82) is 0 Å². The molecule has 28 heavy (non-hydrogen) atoms. The number of hydrogen-bond acceptors (Lipinski definition) is 0. The van der Waals surface area contributed by atoms with Crippen molar-refractivity contribution in [1.82, 2.24) is 0 Å². The molecule has 0 nitrogen and oxygen atoms in total. The van der Waals surface area contributed by atoms with E-state index in [1.165, 1.54) is 22.3 Å². The maximum absolute atomic E-state index is 2.35. The van der Waals surface area contributed by atoms with E-state index in [1.54, 1.807) is 0 Å². The highest BCUT2D eigenvalue weighted by Gasteiger charge is 2.21. The molecule has 2 aromatic rings. The summed E-state index contributed by atoms with van der Waals surface area (Å²) in [6, 6.07) is 21.0. The molecule has 142 valence electrons. The topological polar surface area (TPSA) is 0 Å². The molecule has 0 heterocycles. The smallest absolute Gasteiger partial charge is 0.00477 e. The minimum Gasteiger partial charge on any atom is -0.0879 e. The van der Waals surface area contributed by atoms with Gasteiger partial charge in [-0.25, -0.2) is 0 Å². The first-order valence-electron chi connectivity index (χ1n) is 10.2. The quantitative estimate of drug-likeness (QED) is 0.373. The average Bonchev–Trinajstić information content (AvgIpc) is 2.91. The van der Waals surface area contributed by atoms with Crippen molar-refractivity contribution in [2.24, 2.45) is 11.8 Å². The molecule has 1 aliphatic carbocycles. The third kappa shape index (κ3) is 5.82. The predicted octanol–water partition coefficient (Wildman–Crippen LogP) is 7.89. The lowest BCUT2D eigenvalue weighted by Gasteiger charge is -2.23. The summed E-state index contributed by atoms with van der Waals surface area (Å²) in [5.74, 6) is 1.03. The Morgan fingerprint density at radius 1 is 0.786 bits per heavy atom. The second-order valence-corrected chi connectivity index (χ2v) is 7.51. The molecule has 0 aliphatic heterocycles. The summed E-state index contributed by atoms with van der Waals surface area (Å²) < 4.78 is 0. The number of hydrogen-bond donors (Lipinski definition) is 0.